The minimum atomic E-state index is -0.498. The van der Waals surface area contributed by atoms with E-state index in [0.717, 1.165) is 38.4 Å². The monoisotopic (exact) mass is 334 g/mol. The molecule has 3 heterocycles. The van der Waals surface area contributed by atoms with Gasteiger partial charge in [0.2, 0.25) is 0 Å². The van der Waals surface area contributed by atoms with E-state index in [1.54, 1.807) is 6.26 Å². The van der Waals surface area contributed by atoms with Gasteiger partial charge in [-0.15, -0.1) is 0 Å². The number of fused-ring (bicyclic) bond motifs is 5. The first-order valence-corrected chi connectivity index (χ1v) is 8.54. The highest BCUT2D eigenvalue weighted by atomic mass is 16.7. The van der Waals surface area contributed by atoms with Crippen LogP contribution in [0.4, 0.5) is 0 Å². The zero-order chi connectivity index (χ0) is 17.4. The molecule has 0 unspecified atom stereocenters. The van der Waals surface area contributed by atoms with Gasteiger partial charge in [0.25, 0.3) is 0 Å². The molecule has 1 aliphatic heterocycles. The van der Waals surface area contributed by atoms with Crippen molar-refractivity contribution in [1.82, 2.24) is 0 Å². The van der Waals surface area contributed by atoms with Gasteiger partial charge in [0, 0.05) is 21.6 Å². The Labute approximate surface area is 145 Å². The van der Waals surface area contributed by atoms with Crippen molar-refractivity contribution < 1.29 is 18.1 Å². The van der Waals surface area contributed by atoms with E-state index < -0.39 is 18.3 Å². The molecular weight excluding hydrogens is 315 g/mol. The molecule has 0 spiro atoms. The lowest BCUT2D eigenvalue weighted by Gasteiger charge is -2.32. The molecule has 4 nitrogen and oxygen atoms in total. The summed E-state index contributed by atoms with van der Waals surface area (Å²) in [5, 5.41) is 3.16. The van der Waals surface area contributed by atoms with Crippen molar-refractivity contribution >= 4 is 45.5 Å². The van der Waals surface area contributed by atoms with Crippen LogP contribution >= 0.6 is 0 Å². The fourth-order valence-corrected chi connectivity index (χ4v) is 3.51. The van der Waals surface area contributed by atoms with Gasteiger partial charge >= 0.3 is 7.12 Å². The van der Waals surface area contributed by atoms with E-state index in [2.05, 4.69) is 6.07 Å². The van der Waals surface area contributed by atoms with Crippen molar-refractivity contribution in [3.05, 3.63) is 42.7 Å². The lowest BCUT2D eigenvalue weighted by atomic mass is 9.77. The molecule has 0 bridgehead atoms. The second-order valence-corrected chi connectivity index (χ2v) is 7.69. The van der Waals surface area contributed by atoms with E-state index in [9.17, 15) is 0 Å². The lowest BCUT2D eigenvalue weighted by Crippen LogP contribution is -2.41. The molecule has 0 amide bonds. The second-order valence-electron chi connectivity index (χ2n) is 7.69. The standard InChI is InChI=1S/C20H19BO4/c1-19(2)20(3,4)25-21(24-19)14-11-16-13(9-10-22-16)17-12-7-5-6-8-15(12)23-18(14)17/h5-11H,1-4H3. The largest absolute Gasteiger partial charge is 0.498 e. The molecular formula is C20H19BO4. The summed E-state index contributed by atoms with van der Waals surface area (Å²) >= 11 is 0. The quantitative estimate of drug-likeness (QED) is 0.476. The van der Waals surface area contributed by atoms with Crippen LogP contribution in [0.1, 0.15) is 27.7 Å². The summed E-state index contributed by atoms with van der Waals surface area (Å²) < 4.78 is 24.4. The summed E-state index contributed by atoms with van der Waals surface area (Å²) in [6.45, 7) is 8.20. The minimum Gasteiger partial charge on any atom is -0.464 e. The van der Waals surface area contributed by atoms with E-state index in [4.69, 9.17) is 18.1 Å². The highest BCUT2D eigenvalue weighted by Crippen LogP contribution is 2.39. The second kappa shape index (κ2) is 4.68. The van der Waals surface area contributed by atoms with E-state index in [1.165, 1.54) is 0 Å². The summed E-state index contributed by atoms with van der Waals surface area (Å²) in [5.74, 6) is 0. The molecule has 5 rings (SSSR count). The Morgan fingerprint density at radius 3 is 2.28 bits per heavy atom. The SMILES string of the molecule is CC1(C)OB(c2cc3occc3c3c2oc2ccccc23)OC1(C)C. The van der Waals surface area contributed by atoms with Crippen LogP contribution in [0.15, 0.2) is 51.5 Å². The normalized spacial score (nSPS) is 19.4. The molecule has 1 fully saturated rings. The molecule has 25 heavy (non-hydrogen) atoms. The third kappa shape index (κ3) is 1.97. The maximum Gasteiger partial charge on any atom is 0.498 e. The van der Waals surface area contributed by atoms with Crippen LogP contribution in [0.25, 0.3) is 32.9 Å². The minimum absolute atomic E-state index is 0.409. The van der Waals surface area contributed by atoms with Crippen molar-refractivity contribution in [3.63, 3.8) is 0 Å². The first kappa shape index (κ1) is 15.1. The number of hydrogen-bond acceptors (Lipinski definition) is 4. The average Bonchev–Trinajstić information content (AvgIpc) is 3.20. The lowest BCUT2D eigenvalue weighted by molar-refractivity contribution is 0.00578. The number of furan rings is 2. The zero-order valence-corrected chi connectivity index (χ0v) is 14.8. The molecule has 126 valence electrons. The van der Waals surface area contributed by atoms with Crippen molar-refractivity contribution in [3.8, 4) is 0 Å². The third-order valence-electron chi connectivity index (χ3n) is 5.62. The fourth-order valence-electron chi connectivity index (χ4n) is 3.51. The van der Waals surface area contributed by atoms with Gasteiger partial charge in [0.15, 0.2) is 0 Å². The van der Waals surface area contributed by atoms with Crippen LogP contribution in [0, 0.1) is 0 Å². The third-order valence-corrected chi connectivity index (χ3v) is 5.62. The Hall–Kier alpha value is -2.24. The van der Waals surface area contributed by atoms with Gasteiger partial charge in [-0.2, -0.15) is 0 Å². The first-order chi connectivity index (χ1) is 11.9. The summed E-state index contributed by atoms with van der Waals surface area (Å²) in [6.07, 6.45) is 1.71. The van der Waals surface area contributed by atoms with E-state index in [1.807, 2.05) is 58.0 Å². The average molecular weight is 334 g/mol. The van der Waals surface area contributed by atoms with Crippen LogP contribution in [0.3, 0.4) is 0 Å². The smallest absolute Gasteiger partial charge is 0.464 e. The topological polar surface area (TPSA) is 44.7 Å². The van der Waals surface area contributed by atoms with Gasteiger partial charge in [-0.05, 0) is 45.9 Å². The molecule has 0 radical (unpaired) electrons. The molecule has 1 aliphatic rings. The molecule has 4 aromatic rings. The van der Waals surface area contributed by atoms with E-state index in [-0.39, 0.29) is 0 Å². The van der Waals surface area contributed by atoms with Crippen LogP contribution in [0.5, 0.6) is 0 Å². The van der Waals surface area contributed by atoms with E-state index >= 15 is 0 Å². The summed E-state index contributed by atoms with van der Waals surface area (Å²) in [6, 6.07) is 12.0. The summed E-state index contributed by atoms with van der Waals surface area (Å²) in [5.41, 5.74) is 2.51. The Morgan fingerprint density at radius 1 is 0.840 bits per heavy atom. The predicted octanol–water partition coefficient (Wildman–Crippen LogP) is 4.63. The highest BCUT2D eigenvalue weighted by molar-refractivity contribution is 6.65. The maximum atomic E-state index is 6.26. The van der Waals surface area contributed by atoms with Gasteiger partial charge in [-0.1, -0.05) is 18.2 Å². The molecule has 5 heteroatoms. The highest BCUT2D eigenvalue weighted by Gasteiger charge is 2.52. The molecule has 0 atom stereocenters. The van der Waals surface area contributed by atoms with Gasteiger partial charge in [-0.25, -0.2) is 0 Å². The molecule has 0 N–H and O–H groups in total. The number of hydrogen-bond donors (Lipinski definition) is 0. The Bertz CT molecular complexity index is 1100. The zero-order valence-electron chi connectivity index (χ0n) is 14.8. The number of benzene rings is 2. The van der Waals surface area contributed by atoms with Gasteiger partial charge in [0.1, 0.15) is 16.7 Å². The molecule has 0 aliphatic carbocycles. The van der Waals surface area contributed by atoms with Gasteiger partial charge < -0.3 is 18.1 Å². The molecule has 1 saturated heterocycles. The number of para-hydroxylation sites is 1. The van der Waals surface area contributed by atoms with Crippen LogP contribution < -0.4 is 5.46 Å². The van der Waals surface area contributed by atoms with Gasteiger partial charge in [0.05, 0.1) is 17.5 Å². The Balaban J connectivity index is 1.84. The van der Waals surface area contributed by atoms with Crippen LogP contribution in [-0.2, 0) is 9.31 Å². The number of rotatable bonds is 1. The van der Waals surface area contributed by atoms with Crippen LogP contribution in [-0.4, -0.2) is 18.3 Å². The maximum absolute atomic E-state index is 6.26. The first-order valence-electron chi connectivity index (χ1n) is 8.54. The van der Waals surface area contributed by atoms with Crippen molar-refractivity contribution in [2.75, 3.05) is 0 Å². The predicted molar refractivity (Wildman–Crippen MR) is 99.2 cm³/mol. The van der Waals surface area contributed by atoms with Crippen molar-refractivity contribution in [2.24, 2.45) is 0 Å². The molecule has 0 saturated carbocycles. The van der Waals surface area contributed by atoms with E-state index in [0.29, 0.717) is 0 Å². The summed E-state index contributed by atoms with van der Waals surface area (Å²) in [7, 11) is -0.498. The van der Waals surface area contributed by atoms with Gasteiger partial charge in [-0.3, -0.25) is 0 Å². The fraction of sp³-hybridized carbons (Fsp3) is 0.300. The molecule has 2 aromatic heterocycles. The Morgan fingerprint density at radius 2 is 1.52 bits per heavy atom. The Kier molecular flexibility index (Phi) is 2.82. The van der Waals surface area contributed by atoms with Crippen molar-refractivity contribution in [2.45, 2.75) is 38.9 Å². The molecule has 2 aromatic carbocycles. The summed E-state index contributed by atoms with van der Waals surface area (Å²) in [4.78, 5) is 0. The van der Waals surface area contributed by atoms with Crippen molar-refractivity contribution in [1.29, 1.82) is 0 Å². The van der Waals surface area contributed by atoms with Crippen LogP contribution in [0.2, 0.25) is 0 Å².